The Labute approximate surface area is 136 Å². The average molecular weight is 326 g/mol. The summed E-state index contributed by atoms with van der Waals surface area (Å²) in [6.07, 6.45) is 1.89. The molecule has 0 amide bonds. The molecule has 2 heterocycles. The zero-order chi connectivity index (χ0) is 16.1. The van der Waals surface area contributed by atoms with Gasteiger partial charge in [0.15, 0.2) is 5.65 Å². The van der Waals surface area contributed by atoms with Gasteiger partial charge in [-0.05, 0) is 36.4 Å². The number of carboxylic acids is 1. The first-order chi connectivity index (χ1) is 11.0. The van der Waals surface area contributed by atoms with E-state index in [4.69, 9.17) is 11.6 Å². The third kappa shape index (κ3) is 2.09. The fourth-order valence-corrected chi connectivity index (χ4v) is 3.09. The highest BCUT2D eigenvalue weighted by molar-refractivity contribution is 6.30. The molecule has 4 rings (SSSR count). The molecule has 0 spiro atoms. The molecule has 0 saturated heterocycles. The van der Waals surface area contributed by atoms with Crippen LogP contribution < -0.4 is 0 Å². The first-order valence-electron chi connectivity index (χ1n) is 7.01. The summed E-state index contributed by atoms with van der Waals surface area (Å²) in [5, 5.41) is 16.2. The van der Waals surface area contributed by atoms with E-state index in [2.05, 4.69) is 5.10 Å². The van der Waals surface area contributed by atoms with Gasteiger partial charge in [-0.3, -0.25) is 9.25 Å². The van der Waals surface area contributed by atoms with Crippen LogP contribution in [0.5, 0.6) is 0 Å². The SMILES string of the molecule is Cn1cc2c3cc(C(=O)O)ccc3n(-c3cccc(Cl)c3)c2n1. The molecule has 0 atom stereocenters. The van der Waals surface area contributed by atoms with E-state index in [0.29, 0.717) is 5.02 Å². The smallest absolute Gasteiger partial charge is 0.335 e. The number of aryl methyl sites for hydroxylation is 1. The first-order valence-corrected chi connectivity index (χ1v) is 7.39. The predicted molar refractivity (Wildman–Crippen MR) is 89.5 cm³/mol. The van der Waals surface area contributed by atoms with Crippen molar-refractivity contribution in [2.75, 3.05) is 0 Å². The molecule has 2 aromatic heterocycles. The highest BCUT2D eigenvalue weighted by atomic mass is 35.5. The molecule has 5 nitrogen and oxygen atoms in total. The van der Waals surface area contributed by atoms with Gasteiger partial charge in [0, 0.05) is 34.7 Å². The van der Waals surface area contributed by atoms with Crippen molar-refractivity contribution >= 4 is 39.5 Å². The van der Waals surface area contributed by atoms with E-state index >= 15 is 0 Å². The van der Waals surface area contributed by atoms with E-state index in [9.17, 15) is 9.90 Å². The molecule has 4 aromatic rings. The molecule has 0 bridgehead atoms. The van der Waals surface area contributed by atoms with Gasteiger partial charge in [-0.2, -0.15) is 5.10 Å². The van der Waals surface area contributed by atoms with Crippen molar-refractivity contribution in [2.45, 2.75) is 0 Å². The predicted octanol–water partition coefficient (Wildman–Crippen LogP) is 3.87. The summed E-state index contributed by atoms with van der Waals surface area (Å²) in [7, 11) is 1.84. The highest BCUT2D eigenvalue weighted by Gasteiger charge is 2.17. The van der Waals surface area contributed by atoms with Crippen LogP contribution in [-0.4, -0.2) is 25.4 Å². The fourth-order valence-electron chi connectivity index (χ4n) is 2.90. The molecule has 0 radical (unpaired) electrons. The molecule has 23 heavy (non-hydrogen) atoms. The maximum Gasteiger partial charge on any atom is 0.335 e. The Morgan fingerprint density at radius 1 is 1.17 bits per heavy atom. The number of nitrogens with zero attached hydrogens (tertiary/aromatic N) is 3. The van der Waals surface area contributed by atoms with Gasteiger partial charge in [0.25, 0.3) is 0 Å². The molecule has 114 valence electrons. The molecule has 0 aliphatic heterocycles. The minimum Gasteiger partial charge on any atom is -0.478 e. The Bertz CT molecular complexity index is 1080. The Balaban J connectivity index is 2.14. The van der Waals surface area contributed by atoms with Crippen molar-refractivity contribution in [3.8, 4) is 5.69 Å². The molecule has 0 aliphatic carbocycles. The number of carbonyl (C=O) groups is 1. The largest absolute Gasteiger partial charge is 0.478 e. The normalized spacial score (nSPS) is 11.4. The molecule has 0 saturated carbocycles. The number of aromatic carboxylic acids is 1. The minimum absolute atomic E-state index is 0.256. The van der Waals surface area contributed by atoms with Gasteiger partial charge >= 0.3 is 5.97 Å². The van der Waals surface area contributed by atoms with Crippen LogP contribution in [0.3, 0.4) is 0 Å². The molecule has 0 unspecified atom stereocenters. The highest BCUT2D eigenvalue weighted by Crippen LogP contribution is 2.32. The number of fused-ring (bicyclic) bond motifs is 3. The van der Waals surface area contributed by atoms with Crippen LogP contribution in [0, 0.1) is 0 Å². The summed E-state index contributed by atoms with van der Waals surface area (Å²) >= 11 is 6.12. The van der Waals surface area contributed by atoms with Crippen molar-refractivity contribution in [3.63, 3.8) is 0 Å². The monoisotopic (exact) mass is 325 g/mol. The summed E-state index contributed by atoms with van der Waals surface area (Å²) in [6, 6.07) is 12.6. The lowest BCUT2D eigenvalue weighted by Gasteiger charge is -2.07. The number of benzene rings is 2. The first kappa shape index (κ1) is 13.8. The fraction of sp³-hybridized carbons (Fsp3) is 0.0588. The molecule has 0 fully saturated rings. The zero-order valence-corrected chi connectivity index (χ0v) is 12.9. The Morgan fingerprint density at radius 3 is 2.74 bits per heavy atom. The molecular weight excluding hydrogens is 314 g/mol. The van der Waals surface area contributed by atoms with Crippen molar-refractivity contribution in [1.82, 2.24) is 14.3 Å². The second-order valence-electron chi connectivity index (χ2n) is 5.39. The third-order valence-corrected chi connectivity index (χ3v) is 4.10. The maximum absolute atomic E-state index is 11.3. The minimum atomic E-state index is -0.945. The standard InChI is InChI=1S/C17H12ClN3O2/c1-20-9-14-13-7-10(17(22)23)5-6-15(13)21(16(14)19-20)12-4-2-3-11(18)8-12/h2-9H,1H3,(H,22,23). The number of halogens is 1. The van der Waals surface area contributed by atoms with Gasteiger partial charge in [0.1, 0.15) is 0 Å². The second-order valence-corrected chi connectivity index (χ2v) is 5.83. The topological polar surface area (TPSA) is 60.1 Å². The zero-order valence-electron chi connectivity index (χ0n) is 12.2. The summed E-state index contributed by atoms with van der Waals surface area (Å²) in [6.45, 7) is 0. The summed E-state index contributed by atoms with van der Waals surface area (Å²) in [5.74, 6) is -0.945. The van der Waals surface area contributed by atoms with Gasteiger partial charge in [-0.1, -0.05) is 17.7 Å². The Kier molecular flexibility index (Phi) is 2.92. The van der Waals surface area contributed by atoms with E-state index < -0.39 is 5.97 Å². The van der Waals surface area contributed by atoms with Crippen LogP contribution in [0.4, 0.5) is 0 Å². The van der Waals surface area contributed by atoms with Crippen LogP contribution in [0.25, 0.3) is 27.6 Å². The Morgan fingerprint density at radius 2 is 2.00 bits per heavy atom. The van der Waals surface area contributed by atoms with Gasteiger partial charge in [0.05, 0.1) is 11.1 Å². The van der Waals surface area contributed by atoms with Crippen LogP contribution in [0.2, 0.25) is 5.02 Å². The summed E-state index contributed by atoms with van der Waals surface area (Å²) in [5.41, 5.74) is 2.81. The van der Waals surface area contributed by atoms with Gasteiger partial charge in [-0.15, -0.1) is 0 Å². The number of rotatable bonds is 2. The van der Waals surface area contributed by atoms with E-state index in [-0.39, 0.29) is 5.56 Å². The van der Waals surface area contributed by atoms with Crippen LogP contribution in [0.1, 0.15) is 10.4 Å². The van der Waals surface area contributed by atoms with E-state index in [1.54, 1.807) is 22.9 Å². The van der Waals surface area contributed by atoms with Gasteiger partial charge in [0.2, 0.25) is 0 Å². The molecule has 0 aliphatic rings. The van der Waals surface area contributed by atoms with E-state index in [0.717, 1.165) is 27.6 Å². The average Bonchev–Trinajstić information content (AvgIpc) is 3.01. The lowest BCUT2D eigenvalue weighted by Crippen LogP contribution is -1.98. The van der Waals surface area contributed by atoms with E-state index in [1.807, 2.05) is 42.1 Å². The number of hydrogen-bond donors (Lipinski definition) is 1. The Hall–Kier alpha value is -2.79. The molecule has 2 aromatic carbocycles. The molecular formula is C17H12ClN3O2. The molecule has 1 N–H and O–H groups in total. The number of carboxylic acid groups (broad SMARTS) is 1. The van der Waals surface area contributed by atoms with Crippen LogP contribution >= 0.6 is 11.6 Å². The van der Waals surface area contributed by atoms with Crippen molar-refractivity contribution in [2.24, 2.45) is 7.05 Å². The third-order valence-electron chi connectivity index (χ3n) is 3.86. The van der Waals surface area contributed by atoms with Crippen molar-refractivity contribution < 1.29 is 9.90 Å². The lowest BCUT2D eigenvalue weighted by molar-refractivity contribution is 0.0697. The van der Waals surface area contributed by atoms with Crippen LogP contribution in [-0.2, 0) is 7.05 Å². The van der Waals surface area contributed by atoms with Gasteiger partial charge < -0.3 is 5.11 Å². The lowest BCUT2D eigenvalue weighted by atomic mass is 10.1. The number of hydrogen-bond acceptors (Lipinski definition) is 2. The summed E-state index contributed by atoms with van der Waals surface area (Å²) in [4.78, 5) is 11.3. The van der Waals surface area contributed by atoms with Crippen molar-refractivity contribution in [1.29, 1.82) is 0 Å². The maximum atomic E-state index is 11.3. The molecule has 6 heteroatoms. The summed E-state index contributed by atoms with van der Waals surface area (Å²) < 4.78 is 3.71. The van der Waals surface area contributed by atoms with Crippen molar-refractivity contribution in [3.05, 3.63) is 59.2 Å². The second kappa shape index (κ2) is 4.86. The van der Waals surface area contributed by atoms with E-state index in [1.165, 1.54) is 0 Å². The number of aromatic nitrogens is 3. The quantitative estimate of drug-likeness (QED) is 0.608. The van der Waals surface area contributed by atoms with Gasteiger partial charge in [-0.25, -0.2) is 4.79 Å². The van der Waals surface area contributed by atoms with Crippen LogP contribution in [0.15, 0.2) is 48.7 Å².